The van der Waals surface area contributed by atoms with Gasteiger partial charge in [-0.3, -0.25) is 4.79 Å². The van der Waals surface area contributed by atoms with E-state index in [2.05, 4.69) is 4.98 Å². The van der Waals surface area contributed by atoms with Gasteiger partial charge in [-0.1, -0.05) is 11.6 Å². The molecule has 0 spiro atoms. The van der Waals surface area contributed by atoms with Crippen LogP contribution in [0.4, 0.5) is 13.2 Å². The van der Waals surface area contributed by atoms with Gasteiger partial charge in [0.1, 0.15) is 12.2 Å². The molecule has 0 bridgehead atoms. The van der Waals surface area contributed by atoms with Crippen LogP contribution in [0, 0.1) is 0 Å². The van der Waals surface area contributed by atoms with Crippen LogP contribution in [0.5, 0.6) is 0 Å². The van der Waals surface area contributed by atoms with E-state index in [1.807, 2.05) is 27.7 Å². The standard InChI is InChI=1S/C14H17BClF3N2O3/c1-12(2)13(3,4)24-15(23-12)8-5-9(16)10(20-6-8)11(22)21-7-14(17,18)19/h5-6H,7H2,1-4H3,(H,21,22). The van der Waals surface area contributed by atoms with Crippen molar-refractivity contribution in [3.8, 4) is 0 Å². The fourth-order valence-corrected chi connectivity index (χ4v) is 2.25. The van der Waals surface area contributed by atoms with Crippen molar-refractivity contribution in [1.29, 1.82) is 0 Å². The van der Waals surface area contributed by atoms with Gasteiger partial charge in [0.2, 0.25) is 0 Å². The number of carbonyl (C=O) groups excluding carboxylic acids is 1. The minimum atomic E-state index is -4.51. The summed E-state index contributed by atoms with van der Waals surface area (Å²) in [6, 6.07) is 1.40. The number of nitrogens with zero attached hydrogens (tertiary/aromatic N) is 1. The predicted molar refractivity (Wildman–Crippen MR) is 83.4 cm³/mol. The minimum Gasteiger partial charge on any atom is -0.399 e. The monoisotopic (exact) mass is 364 g/mol. The topological polar surface area (TPSA) is 60.5 Å². The zero-order valence-electron chi connectivity index (χ0n) is 13.6. The van der Waals surface area contributed by atoms with Crippen LogP contribution < -0.4 is 10.8 Å². The molecule has 1 amide bonds. The van der Waals surface area contributed by atoms with Crippen LogP contribution >= 0.6 is 11.6 Å². The van der Waals surface area contributed by atoms with Crippen LogP contribution in [0.15, 0.2) is 12.3 Å². The lowest BCUT2D eigenvalue weighted by Gasteiger charge is -2.32. The summed E-state index contributed by atoms with van der Waals surface area (Å²) < 4.78 is 48.1. The van der Waals surface area contributed by atoms with Crippen molar-refractivity contribution < 1.29 is 27.3 Å². The molecule has 0 unspecified atom stereocenters. The maximum atomic E-state index is 12.1. The van der Waals surface area contributed by atoms with Crippen LogP contribution in [-0.2, 0) is 9.31 Å². The summed E-state index contributed by atoms with van der Waals surface area (Å²) in [5.74, 6) is -1.00. The summed E-state index contributed by atoms with van der Waals surface area (Å²) in [4.78, 5) is 15.6. The molecule has 0 radical (unpaired) electrons. The van der Waals surface area contributed by atoms with E-state index in [0.717, 1.165) is 0 Å². The molecule has 0 aromatic carbocycles. The Labute approximate surface area is 143 Å². The number of alkyl halides is 3. The Morgan fingerprint density at radius 3 is 2.29 bits per heavy atom. The predicted octanol–water partition coefficient (Wildman–Crippen LogP) is 2.33. The first-order valence-electron chi connectivity index (χ1n) is 7.18. The third-order valence-corrected chi connectivity index (χ3v) is 4.34. The lowest BCUT2D eigenvalue weighted by molar-refractivity contribution is -0.123. The molecule has 1 aromatic heterocycles. The number of amides is 1. The third kappa shape index (κ3) is 4.01. The lowest BCUT2D eigenvalue weighted by Crippen LogP contribution is -2.41. The first-order chi connectivity index (χ1) is 10.8. The summed E-state index contributed by atoms with van der Waals surface area (Å²) in [6.45, 7) is 6.05. The molecule has 0 saturated carbocycles. The van der Waals surface area contributed by atoms with Crippen molar-refractivity contribution in [3.05, 3.63) is 23.0 Å². The van der Waals surface area contributed by atoms with Crippen LogP contribution in [0.25, 0.3) is 0 Å². The highest BCUT2D eigenvalue weighted by Gasteiger charge is 2.51. The zero-order valence-corrected chi connectivity index (χ0v) is 14.4. The van der Waals surface area contributed by atoms with E-state index in [4.69, 9.17) is 20.9 Å². The van der Waals surface area contributed by atoms with Gasteiger partial charge < -0.3 is 14.6 Å². The van der Waals surface area contributed by atoms with E-state index < -0.39 is 36.9 Å². The summed E-state index contributed by atoms with van der Waals surface area (Å²) >= 11 is 5.98. The van der Waals surface area contributed by atoms with Gasteiger partial charge in [0.05, 0.1) is 16.2 Å². The van der Waals surface area contributed by atoms with Gasteiger partial charge in [-0.15, -0.1) is 0 Å². The number of nitrogens with one attached hydrogen (secondary N) is 1. The summed E-state index contributed by atoms with van der Waals surface area (Å²) in [6.07, 6.45) is -3.21. The van der Waals surface area contributed by atoms with Crippen LogP contribution in [-0.4, -0.2) is 41.9 Å². The Bertz CT molecular complexity index is 637. The maximum absolute atomic E-state index is 12.1. The molecular weight excluding hydrogens is 347 g/mol. The van der Waals surface area contributed by atoms with Crippen molar-refractivity contribution in [2.45, 2.75) is 45.1 Å². The van der Waals surface area contributed by atoms with Gasteiger partial charge in [-0.25, -0.2) is 4.98 Å². The second-order valence-electron chi connectivity index (χ2n) is 6.49. The Kier molecular flexibility index (Phi) is 4.91. The van der Waals surface area contributed by atoms with E-state index in [1.165, 1.54) is 12.3 Å². The SMILES string of the molecule is CC1(C)OB(c2cnc(C(=O)NCC(F)(F)F)c(Cl)c2)OC1(C)C. The molecular formula is C14H17BClF3N2O3. The van der Waals surface area contributed by atoms with Crippen molar-refractivity contribution in [2.24, 2.45) is 0 Å². The fraction of sp³-hybridized carbons (Fsp3) is 0.571. The molecule has 1 aliphatic heterocycles. The molecule has 1 saturated heterocycles. The van der Waals surface area contributed by atoms with E-state index in [1.54, 1.807) is 5.32 Å². The summed E-state index contributed by atoms with van der Waals surface area (Å²) in [5.41, 5.74) is -0.938. The molecule has 1 fully saturated rings. The normalized spacial score (nSPS) is 19.4. The summed E-state index contributed by atoms with van der Waals surface area (Å²) in [7, 11) is -0.729. The average molecular weight is 365 g/mol. The molecule has 24 heavy (non-hydrogen) atoms. The van der Waals surface area contributed by atoms with Crippen molar-refractivity contribution in [1.82, 2.24) is 10.3 Å². The second-order valence-corrected chi connectivity index (χ2v) is 6.89. The summed E-state index contributed by atoms with van der Waals surface area (Å²) in [5, 5.41) is 1.64. The van der Waals surface area contributed by atoms with E-state index in [-0.39, 0.29) is 10.7 Å². The van der Waals surface area contributed by atoms with E-state index in [0.29, 0.717) is 5.46 Å². The number of carbonyl (C=O) groups is 1. The number of pyridine rings is 1. The maximum Gasteiger partial charge on any atom is 0.496 e. The highest BCUT2D eigenvalue weighted by atomic mass is 35.5. The lowest BCUT2D eigenvalue weighted by atomic mass is 9.80. The van der Waals surface area contributed by atoms with Gasteiger partial charge in [-0.05, 0) is 33.8 Å². The van der Waals surface area contributed by atoms with Gasteiger partial charge in [-0.2, -0.15) is 13.2 Å². The molecule has 2 rings (SSSR count). The molecule has 1 aliphatic rings. The fourth-order valence-electron chi connectivity index (χ4n) is 1.99. The Hall–Kier alpha value is -1.32. The number of hydrogen-bond acceptors (Lipinski definition) is 4. The highest BCUT2D eigenvalue weighted by molar-refractivity contribution is 6.62. The van der Waals surface area contributed by atoms with Gasteiger partial charge in [0, 0.05) is 11.7 Å². The van der Waals surface area contributed by atoms with Crippen molar-refractivity contribution >= 4 is 30.1 Å². The first kappa shape index (κ1) is 19.0. The highest BCUT2D eigenvalue weighted by Crippen LogP contribution is 2.36. The molecule has 5 nitrogen and oxygen atoms in total. The number of rotatable bonds is 3. The van der Waals surface area contributed by atoms with Gasteiger partial charge in [0.25, 0.3) is 5.91 Å². The number of aromatic nitrogens is 1. The Balaban J connectivity index is 2.15. The van der Waals surface area contributed by atoms with Gasteiger partial charge >= 0.3 is 13.3 Å². The molecule has 2 heterocycles. The van der Waals surface area contributed by atoms with Crippen molar-refractivity contribution in [2.75, 3.05) is 6.54 Å². The first-order valence-corrected chi connectivity index (χ1v) is 7.56. The smallest absolute Gasteiger partial charge is 0.399 e. The van der Waals surface area contributed by atoms with E-state index >= 15 is 0 Å². The van der Waals surface area contributed by atoms with Gasteiger partial charge in [0.15, 0.2) is 0 Å². The molecule has 1 N–H and O–H groups in total. The molecule has 132 valence electrons. The third-order valence-electron chi connectivity index (χ3n) is 4.05. The van der Waals surface area contributed by atoms with Crippen molar-refractivity contribution in [3.63, 3.8) is 0 Å². The largest absolute Gasteiger partial charge is 0.496 e. The quantitative estimate of drug-likeness (QED) is 0.836. The number of hydrogen-bond donors (Lipinski definition) is 1. The van der Waals surface area contributed by atoms with E-state index in [9.17, 15) is 18.0 Å². The van der Waals surface area contributed by atoms with Crippen LogP contribution in [0.1, 0.15) is 38.2 Å². The zero-order chi connectivity index (χ0) is 18.3. The average Bonchev–Trinajstić information content (AvgIpc) is 2.64. The minimum absolute atomic E-state index is 0.0816. The molecule has 10 heteroatoms. The second kappa shape index (κ2) is 6.20. The van der Waals surface area contributed by atoms with Crippen LogP contribution in [0.2, 0.25) is 5.02 Å². The Morgan fingerprint density at radius 1 is 1.29 bits per heavy atom. The molecule has 0 atom stereocenters. The molecule has 0 aliphatic carbocycles. The Morgan fingerprint density at radius 2 is 1.83 bits per heavy atom. The number of halogens is 4. The van der Waals surface area contributed by atoms with Crippen LogP contribution in [0.3, 0.4) is 0 Å². The molecule has 1 aromatic rings.